The lowest BCUT2D eigenvalue weighted by Crippen LogP contribution is -1.98. The first-order chi connectivity index (χ1) is 9.47. The molecule has 0 aromatic heterocycles. The van der Waals surface area contributed by atoms with Gasteiger partial charge in [0.15, 0.2) is 0 Å². The number of nitro benzene ring substituents is 1. The maximum absolute atomic E-state index is 11.6. The lowest BCUT2D eigenvalue weighted by atomic mass is 10.2. The van der Waals surface area contributed by atoms with Crippen LogP contribution in [0.15, 0.2) is 45.9 Å². The highest BCUT2D eigenvalue weighted by Gasteiger charge is 2.05. The van der Waals surface area contributed by atoms with Crippen LogP contribution < -0.4 is 5.11 Å². The molecule has 2 aromatic carbocycles. The number of nitro groups is 1. The van der Waals surface area contributed by atoms with Gasteiger partial charge in [-0.05, 0) is 39.7 Å². The molecule has 7 heteroatoms. The molecule has 0 aliphatic heterocycles. The fourth-order valence-corrected chi connectivity index (χ4v) is 1.88. The molecular formula is C13H7BrClN2O3-. The number of halogens is 2. The zero-order valence-electron chi connectivity index (χ0n) is 9.92. The van der Waals surface area contributed by atoms with Crippen molar-refractivity contribution in [3.63, 3.8) is 0 Å². The minimum atomic E-state index is -0.562. The van der Waals surface area contributed by atoms with Crippen molar-refractivity contribution in [3.05, 3.63) is 61.6 Å². The molecule has 2 aromatic rings. The van der Waals surface area contributed by atoms with E-state index in [1.165, 1.54) is 12.3 Å². The fourth-order valence-electron chi connectivity index (χ4n) is 1.46. The van der Waals surface area contributed by atoms with Crippen molar-refractivity contribution in [2.24, 2.45) is 4.99 Å². The quantitative estimate of drug-likeness (QED) is 0.477. The Kier molecular flexibility index (Phi) is 4.36. The fraction of sp³-hybridized carbons (Fsp3) is 0. The highest BCUT2D eigenvalue weighted by molar-refractivity contribution is 9.10. The van der Waals surface area contributed by atoms with Crippen molar-refractivity contribution in [1.82, 2.24) is 0 Å². The van der Waals surface area contributed by atoms with E-state index >= 15 is 0 Å². The van der Waals surface area contributed by atoms with Crippen molar-refractivity contribution in [2.75, 3.05) is 0 Å². The van der Waals surface area contributed by atoms with Crippen LogP contribution in [-0.4, -0.2) is 11.1 Å². The largest absolute Gasteiger partial charge is 0.872 e. The molecule has 0 bridgehead atoms. The maximum Gasteiger partial charge on any atom is 0.270 e. The van der Waals surface area contributed by atoms with Crippen molar-refractivity contribution >= 4 is 45.1 Å². The summed E-state index contributed by atoms with van der Waals surface area (Å²) in [6, 6.07) is 8.54. The Labute approximate surface area is 127 Å². The summed E-state index contributed by atoms with van der Waals surface area (Å²) in [6.07, 6.45) is 1.29. The molecule has 102 valence electrons. The van der Waals surface area contributed by atoms with Gasteiger partial charge >= 0.3 is 0 Å². The molecule has 0 saturated heterocycles. The van der Waals surface area contributed by atoms with Gasteiger partial charge in [-0.1, -0.05) is 23.4 Å². The van der Waals surface area contributed by atoms with Crippen LogP contribution in [0, 0.1) is 10.1 Å². The zero-order valence-corrected chi connectivity index (χ0v) is 12.3. The van der Waals surface area contributed by atoms with E-state index in [0.29, 0.717) is 10.7 Å². The van der Waals surface area contributed by atoms with Gasteiger partial charge in [0.25, 0.3) is 5.69 Å². The summed E-state index contributed by atoms with van der Waals surface area (Å²) in [4.78, 5) is 14.2. The van der Waals surface area contributed by atoms with Gasteiger partial charge in [0.1, 0.15) is 0 Å². The maximum atomic E-state index is 11.6. The van der Waals surface area contributed by atoms with E-state index in [2.05, 4.69) is 20.9 Å². The molecule has 0 radical (unpaired) electrons. The van der Waals surface area contributed by atoms with Crippen molar-refractivity contribution < 1.29 is 10.0 Å². The zero-order chi connectivity index (χ0) is 14.7. The second-order valence-corrected chi connectivity index (χ2v) is 5.10. The summed E-state index contributed by atoms with van der Waals surface area (Å²) in [7, 11) is 0. The predicted octanol–water partition coefficient (Wildman–Crippen LogP) is 3.83. The van der Waals surface area contributed by atoms with Gasteiger partial charge in [-0.3, -0.25) is 15.1 Å². The van der Waals surface area contributed by atoms with Gasteiger partial charge in [0, 0.05) is 22.8 Å². The van der Waals surface area contributed by atoms with Crippen LogP contribution in [0.2, 0.25) is 5.02 Å². The normalized spacial score (nSPS) is 10.9. The van der Waals surface area contributed by atoms with Gasteiger partial charge in [-0.2, -0.15) is 0 Å². The molecule has 0 unspecified atom stereocenters. The van der Waals surface area contributed by atoms with E-state index in [1.54, 1.807) is 18.2 Å². The van der Waals surface area contributed by atoms with Crippen LogP contribution in [0.25, 0.3) is 0 Å². The predicted molar refractivity (Wildman–Crippen MR) is 78.9 cm³/mol. The molecule has 2 rings (SSSR count). The van der Waals surface area contributed by atoms with E-state index in [9.17, 15) is 15.2 Å². The second-order valence-electron chi connectivity index (χ2n) is 3.84. The Morgan fingerprint density at radius 3 is 2.65 bits per heavy atom. The minimum Gasteiger partial charge on any atom is -0.872 e. The molecule has 0 spiro atoms. The highest BCUT2D eigenvalue weighted by atomic mass is 79.9. The smallest absolute Gasteiger partial charge is 0.270 e. The van der Waals surface area contributed by atoms with E-state index in [4.69, 9.17) is 11.6 Å². The standard InChI is InChI=1S/C13H8BrClN2O3/c14-11-3-1-9(6-12(11)15)16-7-8-5-10(17(19)20)2-4-13(8)18/h1-7,18H/p-1. The Balaban J connectivity index is 2.33. The summed E-state index contributed by atoms with van der Waals surface area (Å²) in [6.45, 7) is 0. The highest BCUT2D eigenvalue weighted by Crippen LogP contribution is 2.27. The Hall–Kier alpha value is -1.92. The summed E-state index contributed by atoms with van der Waals surface area (Å²) in [5.74, 6) is -0.331. The molecule has 0 atom stereocenters. The van der Waals surface area contributed by atoms with Gasteiger partial charge < -0.3 is 5.11 Å². The Morgan fingerprint density at radius 2 is 2.00 bits per heavy atom. The van der Waals surface area contributed by atoms with Crippen molar-refractivity contribution in [2.45, 2.75) is 0 Å². The molecule has 20 heavy (non-hydrogen) atoms. The number of benzene rings is 2. The second kappa shape index (κ2) is 6.02. The first-order valence-corrected chi connectivity index (χ1v) is 6.59. The number of nitrogens with zero attached hydrogens (tertiary/aromatic N) is 2. The van der Waals surface area contributed by atoms with Crippen molar-refractivity contribution in [3.8, 4) is 5.75 Å². The van der Waals surface area contributed by atoms with Crippen LogP contribution in [0.3, 0.4) is 0 Å². The van der Waals surface area contributed by atoms with Crippen molar-refractivity contribution in [1.29, 1.82) is 0 Å². The Morgan fingerprint density at radius 1 is 1.25 bits per heavy atom. The van der Waals surface area contributed by atoms with Crippen LogP contribution >= 0.6 is 27.5 Å². The summed E-state index contributed by atoms with van der Waals surface area (Å²) >= 11 is 9.18. The van der Waals surface area contributed by atoms with E-state index in [-0.39, 0.29) is 17.0 Å². The molecule has 5 nitrogen and oxygen atoms in total. The number of aliphatic imine (C=N–C) groups is 1. The van der Waals surface area contributed by atoms with E-state index in [1.807, 2.05) is 0 Å². The number of non-ortho nitro benzene ring substituents is 1. The molecule has 0 aliphatic carbocycles. The third-order valence-corrected chi connectivity index (χ3v) is 3.69. The lowest BCUT2D eigenvalue weighted by Gasteiger charge is -2.08. The monoisotopic (exact) mass is 353 g/mol. The van der Waals surface area contributed by atoms with Gasteiger partial charge in [0.2, 0.25) is 0 Å². The van der Waals surface area contributed by atoms with Crippen LogP contribution in [0.4, 0.5) is 11.4 Å². The van der Waals surface area contributed by atoms with E-state index in [0.717, 1.165) is 16.6 Å². The average molecular weight is 355 g/mol. The summed E-state index contributed by atoms with van der Waals surface area (Å²) in [5, 5.41) is 22.7. The lowest BCUT2D eigenvalue weighted by molar-refractivity contribution is -0.385. The number of hydrogen-bond donors (Lipinski definition) is 0. The molecule has 0 aliphatic rings. The number of hydrogen-bond acceptors (Lipinski definition) is 4. The SMILES string of the molecule is O=[N+]([O-])c1ccc([O-])c(C=Nc2ccc(Br)c(Cl)c2)c1. The van der Waals surface area contributed by atoms with E-state index < -0.39 is 4.92 Å². The molecule has 0 N–H and O–H groups in total. The third-order valence-electron chi connectivity index (χ3n) is 2.46. The van der Waals surface area contributed by atoms with Crippen LogP contribution in [-0.2, 0) is 0 Å². The minimum absolute atomic E-state index is 0.151. The number of rotatable bonds is 3. The van der Waals surface area contributed by atoms with Gasteiger partial charge in [-0.25, -0.2) is 0 Å². The molecule has 0 amide bonds. The molecule has 0 fully saturated rings. The van der Waals surface area contributed by atoms with Crippen LogP contribution in [0.1, 0.15) is 5.56 Å². The summed E-state index contributed by atoms with van der Waals surface area (Å²) in [5.41, 5.74) is 0.544. The molecule has 0 saturated carbocycles. The topological polar surface area (TPSA) is 78.6 Å². The van der Waals surface area contributed by atoms with Gasteiger partial charge in [-0.15, -0.1) is 0 Å². The molecule has 0 heterocycles. The average Bonchev–Trinajstić information content (AvgIpc) is 2.41. The molecular weight excluding hydrogens is 348 g/mol. The first-order valence-electron chi connectivity index (χ1n) is 5.42. The Bertz CT molecular complexity index is 704. The first kappa shape index (κ1) is 14.5. The summed E-state index contributed by atoms with van der Waals surface area (Å²) < 4.78 is 0.734. The third kappa shape index (κ3) is 3.34. The van der Waals surface area contributed by atoms with Crippen LogP contribution in [0.5, 0.6) is 5.75 Å². The van der Waals surface area contributed by atoms with Gasteiger partial charge in [0.05, 0.1) is 15.6 Å².